The van der Waals surface area contributed by atoms with Crippen LogP contribution in [0.15, 0.2) is 12.1 Å². The van der Waals surface area contributed by atoms with Gasteiger partial charge in [0.15, 0.2) is 11.0 Å². The van der Waals surface area contributed by atoms with E-state index in [4.69, 9.17) is 16.3 Å². The summed E-state index contributed by atoms with van der Waals surface area (Å²) in [5.41, 5.74) is -0.159. The van der Waals surface area contributed by atoms with Crippen LogP contribution in [0.3, 0.4) is 0 Å². The van der Waals surface area contributed by atoms with E-state index in [9.17, 15) is 4.79 Å². The zero-order chi connectivity index (χ0) is 17.2. The van der Waals surface area contributed by atoms with Crippen molar-refractivity contribution < 1.29 is 9.53 Å². The van der Waals surface area contributed by atoms with E-state index in [0.717, 1.165) is 38.0 Å². The Labute approximate surface area is 147 Å². The average Bonchev–Trinajstić information content (AvgIpc) is 2.55. The van der Waals surface area contributed by atoms with Crippen LogP contribution in [0, 0.1) is 5.92 Å². The molecule has 0 aliphatic carbocycles. The van der Waals surface area contributed by atoms with E-state index in [1.807, 2.05) is 6.07 Å². The monoisotopic (exact) mass is 352 g/mol. The van der Waals surface area contributed by atoms with E-state index in [0.29, 0.717) is 18.3 Å². The lowest BCUT2D eigenvalue weighted by Crippen LogP contribution is -2.50. The number of ether oxygens (including phenoxy) is 1. The highest BCUT2D eigenvalue weighted by atomic mass is 35.5. The third kappa shape index (κ3) is 4.36. The number of carbonyl (C=O) groups excluding carboxylic acids is 1. The van der Waals surface area contributed by atoms with Crippen LogP contribution < -0.4 is 10.2 Å². The highest BCUT2D eigenvalue weighted by Gasteiger charge is 2.32. The van der Waals surface area contributed by atoms with Gasteiger partial charge in [0.05, 0.1) is 11.5 Å². The average molecular weight is 353 g/mol. The minimum absolute atomic E-state index is 0.0119. The van der Waals surface area contributed by atoms with Crippen molar-refractivity contribution in [2.45, 2.75) is 51.2 Å². The standard InChI is InChI=1S/C17H25ClN4O2/c1-17(2)10-13(7-9-24-17)19-16(23)12-4-3-8-22(11-12)15-6-5-14(18)20-21-15/h5-6,12-13H,3-4,7-11H2,1-2H3,(H,19,23)/t12-,13-/m0/s1. The lowest BCUT2D eigenvalue weighted by Gasteiger charge is -2.37. The second-order valence-corrected chi connectivity index (χ2v) is 7.69. The smallest absolute Gasteiger partial charge is 0.225 e. The van der Waals surface area contributed by atoms with Gasteiger partial charge in [-0.1, -0.05) is 11.6 Å². The van der Waals surface area contributed by atoms with Crippen molar-refractivity contribution >= 4 is 23.3 Å². The van der Waals surface area contributed by atoms with Gasteiger partial charge in [-0.15, -0.1) is 10.2 Å². The molecule has 2 atom stereocenters. The fourth-order valence-electron chi connectivity index (χ4n) is 3.55. The van der Waals surface area contributed by atoms with E-state index in [2.05, 4.69) is 34.3 Å². The van der Waals surface area contributed by atoms with Crippen molar-refractivity contribution in [2.24, 2.45) is 5.92 Å². The van der Waals surface area contributed by atoms with Gasteiger partial charge in [-0.2, -0.15) is 0 Å². The fraction of sp³-hybridized carbons (Fsp3) is 0.706. The number of halogens is 1. The molecule has 2 saturated heterocycles. The van der Waals surface area contributed by atoms with Gasteiger partial charge in [-0.05, 0) is 51.7 Å². The maximum absolute atomic E-state index is 12.7. The molecule has 7 heteroatoms. The van der Waals surface area contributed by atoms with Crippen molar-refractivity contribution in [1.82, 2.24) is 15.5 Å². The number of carbonyl (C=O) groups is 1. The Hall–Kier alpha value is -1.40. The number of rotatable bonds is 3. The Kier molecular flexibility index (Phi) is 5.25. The molecule has 0 spiro atoms. The molecule has 24 heavy (non-hydrogen) atoms. The van der Waals surface area contributed by atoms with Gasteiger partial charge in [0, 0.05) is 25.7 Å². The number of aromatic nitrogens is 2. The molecule has 0 radical (unpaired) electrons. The summed E-state index contributed by atoms with van der Waals surface area (Å²) < 4.78 is 5.72. The second-order valence-electron chi connectivity index (χ2n) is 7.31. The SMILES string of the molecule is CC1(C)C[C@@H](NC(=O)[C@H]2CCCN(c3ccc(Cl)nn3)C2)CCO1. The van der Waals surface area contributed by atoms with E-state index < -0.39 is 0 Å². The van der Waals surface area contributed by atoms with Crippen LogP contribution in [0.25, 0.3) is 0 Å². The van der Waals surface area contributed by atoms with Crippen molar-refractivity contribution in [1.29, 1.82) is 0 Å². The molecule has 2 aliphatic heterocycles. The van der Waals surface area contributed by atoms with Gasteiger partial charge < -0.3 is 15.0 Å². The molecule has 1 amide bonds. The number of amides is 1. The van der Waals surface area contributed by atoms with Crippen molar-refractivity contribution in [3.63, 3.8) is 0 Å². The number of nitrogens with one attached hydrogen (secondary N) is 1. The van der Waals surface area contributed by atoms with Gasteiger partial charge in [0.25, 0.3) is 0 Å². The Morgan fingerprint density at radius 3 is 2.92 bits per heavy atom. The highest BCUT2D eigenvalue weighted by molar-refractivity contribution is 6.29. The van der Waals surface area contributed by atoms with Gasteiger partial charge in [-0.3, -0.25) is 4.79 Å². The Balaban J connectivity index is 1.58. The Morgan fingerprint density at radius 1 is 1.38 bits per heavy atom. The van der Waals surface area contributed by atoms with Crippen LogP contribution in [-0.4, -0.2) is 47.4 Å². The van der Waals surface area contributed by atoms with Gasteiger partial charge >= 0.3 is 0 Å². The molecule has 0 saturated carbocycles. The first-order valence-electron chi connectivity index (χ1n) is 8.61. The zero-order valence-electron chi connectivity index (χ0n) is 14.3. The first-order valence-corrected chi connectivity index (χ1v) is 8.99. The number of hydrogen-bond acceptors (Lipinski definition) is 5. The number of piperidine rings is 1. The van der Waals surface area contributed by atoms with Crippen LogP contribution in [-0.2, 0) is 9.53 Å². The molecule has 0 unspecified atom stereocenters. The molecule has 2 aliphatic rings. The lowest BCUT2D eigenvalue weighted by atomic mass is 9.92. The van der Waals surface area contributed by atoms with Gasteiger partial charge in [0.2, 0.25) is 5.91 Å². The summed E-state index contributed by atoms with van der Waals surface area (Å²) in [5, 5.41) is 11.6. The Morgan fingerprint density at radius 2 is 2.21 bits per heavy atom. The van der Waals surface area contributed by atoms with E-state index in [1.54, 1.807) is 6.07 Å². The first-order chi connectivity index (χ1) is 11.4. The minimum atomic E-state index is -0.159. The number of hydrogen-bond donors (Lipinski definition) is 1. The van der Waals surface area contributed by atoms with E-state index in [1.165, 1.54) is 0 Å². The molecule has 1 aromatic rings. The third-order valence-corrected chi connectivity index (χ3v) is 4.98. The summed E-state index contributed by atoms with van der Waals surface area (Å²) in [6.45, 7) is 6.42. The molecular formula is C17H25ClN4O2. The molecule has 6 nitrogen and oxygen atoms in total. The maximum Gasteiger partial charge on any atom is 0.225 e. The molecule has 3 heterocycles. The topological polar surface area (TPSA) is 67.4 Å². The molecule has 3 rings (SSSR count). The molecule has 0 aromatic carbocycles. The molecular weight excluding hydrogens is 328 g/mol. The lowest BCUT2D eigenvalue weighted by molar-refractivity contribution is -0.128. The van der Waals surface area contributed by atoms with Crippen molar-refractivity contribution in [2.75, 3.05) is 24.6 Å². The zero-order valence-corrected chi connectivity index (χ0v) is 15.1. The van der Waals surface area contributed by atoms with Crippen LogP contribution in [0.4, 0.5) is 5.82 Å². The molecule has 1 aromatic heterocycles. The molecule has 1 N–H and O–H groups in total. The van der Waals surface area contributed by atoms with Crippen LogP contribution in [0.5, 0.6) is 0 Å². The summed E-state index contributed by atoms with van der Waals surface area (Å²) >= 11 is 5.79. The van der Waals surface area contributed by atoms with Gasteiger partial charge in [0.1, 0.15) is 0 Å². The van der Waals surface area contributed by atoms with Gasteiger partial charge in [-0.25, -0.2) is 0 Å². The van der Waals surface area contributed by atoms with Crippen LogP contribution in [0.1, 0.15) is 39.5 Å². The summed E-state index contributed by atoms with van der Waals surface area (Å²) in [6, 6.07) is 3.79. The summed E-state index contributed by atoms with van der Waals surface area (Å²) in [7, 11) is 0. The largest absolute Gasteiger partial charge is 0.375 e. The third-order valence-electron chi connectivity index (χ3n) is 4.78. The summed E-state index contributed by atoms with van der Waals surface area (Å²) in [6.07, 6.45) is 3.63. The quantitative estimate of drug-likeness (QED) is 0.904. The minimum Gasteiger partial charge on any atom is -0.375 e. The predicted molar refractivity (Wildman–Crippen MR) is 93.2 cm³/mol. The van der Waals surface area contributed by atoms with Crippen LogP contribution in [0.2, 0.25) is 5.15 Å². The number of anilines is 1. The fourth-order valence-corrected chi connectivity index (χ4v) is 3.65. The molecule has 132 valence electrons. The van der Waals surface area contributed by atoms with Crippen molar-refractivity contribution in [3.05, 3.63) is 17.3 Å². The van der Waals surface area contributed by atoms with E-state index >= 15 is 0 Å². The van der Waals surface area contributed by atoms with Crippen LogP contribution >= 0.6 is 11.6 Å². The molecule has 0 bridgehead atoms. The maximum atomic E-state index is 12.7. The summed E-state index contributed by atoms with van der Waals surface area (Å²) in [4.78, 5) is 14.8. The molecule has 2 fully saturated rings. The Bertz CT molecular complexity index is 578. The second kappa shape index (κ2) is 7.23. The first kappa shape index (κ1) is 17.4. The van der Waals surface area contributed by atoms with E-state index in [-0.39, 0.29) is 23.5 Å². The predicted octanol–water partition coefficient (Wildman–Crippen LogP) is 2.42. The highest BCUT2D eigenvalue weighted by Crippen LogP contribution is 2.26. The summed E-state index contributed by atoms with van der Waals surface area (Å²) in [5.74, 6) is 0.913. The normalized spacial score (nSPS) is 26.9. The number of nitrogens with zero attached hydrogens (tertiary/aromatic N) is 3. The van der Waals surface area contributed by atoms with Crippen molar-refractivity contribution in [3.8, 4) is 0 Å².